The topological polar surface area (TPSA) is 59.4 Å². The van der Waals surface area contributed by atoms with E-state index in [1.165, 1.54) is 13.3 Å². The molecule has 1 aromatic rings. The van der Waals surface area contributed by atoms with Crippen molar-refractivity contribution in [1.82, 2.24) is 4.98 Å². The number of pyridine rings is 1. The van der Waals surface area contributed by atoms with Gasteiger partial charge in [-0.25, -0.2) is 0 Å². The fourth-order valence-corrected chi connectivity index (χ4v) is 1.65. The zero-order valence-electron chi connectivity index (χ0n) is 7.82. The van der Waals surface area contributed by atoms with E-state index in [1.807, 2.05) is 0 Å². The highest BCUT2D eigenvalue weighted by Gasteiger charge is 2.18. The molecule has 1 N–H and O–H groups in total. The van der Waals surface area contributed by atoms with Crippen molar-refractivity contribution in [2.24, 2.45) is 0 Å². The Kier molecular flexibility index (Phi) is 3.46. The molecule has 0 saturated heterocycles. The number of aliphatic carboxylic acids is 1. The lowest BCUT2D eigenvalue weighted by molar-refractivity contribution is -0.138. The van der Waals surface area contributed by atoms with E-state index in [9.17, 15) is 4.79 Å². The monoisotopic (exact) mass is 259 g/mol. The molecule has 0 spiro atoms. The van der Waals surface area contributed by atoms with Crippen LogP contribution >= 0.6 is 15.9 Å². The maximum Gasteiger partial charge on any atom is 0.312 e. The van der Waals surface area contributed by atoms with Crippen molar-refractivity contribution in [2.45, 2.75) is 12.8 Å². The maximum absolute atomic E-state index is 10.7. The standard InChI is InChI=1S/C9H10BrNO3/c1-5(9(12)13)8-7(10)3-6(14-2)4-11-8/h3-5H,1-2H3,(H,12,13). The molecule has 14 heavy (non-hydrogen) atoms. The molecule has 0 radical (unpaired) electrons. The Morgan fingerprint density at radius 3 is 2.79 bits per heavy atom. The van der Waals surface area contributed by atoms with Gasteiger partial charge in [0, 0.05) is 4.47 Å². The molecule has 5 heteroatoms. The Morgan fingerprint density at radius 1 is 1.71 bits per heavy atom. The summed E-state index contributed by atoms with van der Waals surface area (Å²) in [4.78, 5) is 14.7. The van der Waals surface area contributed by atoms with Gasteiger partial charge in [0.15, 0.2) is 0 Å². The highest BCUT2D eigenvalue weighted by atomic mass is 79.9. The summed E-state index contributed by atoms with van der Waals surface area (Å²) in [7, 11) is 1.53. The molecule has 1 atom stereocenters. The van der Waals surface area contributed by atoms with E-state index in [1.54, 1.807) is 13.0 Å². The van der Waals surface area contributed by atoms with E-state index in [4.69, 9.17) is 9.84 Å². The number of hydrogen-bond donors (Lipinski definition) is 1. The van der Waals surface area contributed by atoms with Crippen molar-refractivity contribution >= 4 is 21.9 Å². The first-order valence-electron chi connectivity index (χ1n) is 3.98. The number of carboxylic acid groups (broad SMARTS) is 1. The Morgan fingerprint density at radius 2 is 2.36 bits per heavy atom. The van der Waals surface area contributed by atoms with Crippen LogP contribution in [0.2, 0.25) is 0 Å². The van der Waals surface area contributed by atoms with Crippen LogP contribution in [-0.2, 0) is 4.79 Å². The van der Waals surface area contributed by atoms with Gasteiger partial charge in [-0.3, -0.25) is 9.78 Å². The summed E-state index contributed by atoms with van der Waals surface area (Å²) in [5.41, 5.74) is 0.498. The van der Waals surface area contributed by atoms with Gasteiger partial charge in [-0.1, -0.05) is 0 Å². The molecule has 0 aliphatic heterocycles. The molecule has 1 rings (SSSR count). The molecule has 0 aliphatic carbocycles. The fourth-order valence-electron chi connectivity index (χ4n) is 0.978. The van der Waals surface area contributed by atoms with Gasteiger partial charge in [0.25, 0.3) is 0 Å². The summed E-state index contributed by atoms with van der Waals surface area (Å²) in [5.74, 6) is -0.933. The first-order chi connectivity index (χ1) is 6.56. The molecule has 1 aromatic heterocycles. The number of aromatic nitrogens is 1. The highest BCUT2D eigenvalue weighted by Crippen LogP contribution is 2.26. The number of rotatable bonds is 3. The number of hydrogen-bond acceptors (Lipinski definition) is 3. The lowest BCUT2D eigenvalue weighted by Gasteiger charge is -2.08. The number of ether oxygens (including phenoxy) is 1. The van der Waals surface area contributed by atoms with E-state index in [0.29, 0.717) is 15.9 Å². The Balaban J connectivity index is 3.05. The molecule has 1 unspecified atom stereocenters. The number of carboxylic acids is 1. The zero-order valence-corrected chi connectivity index (χ0v) is 9.41. The average molecular weight is 260 g/mol. The largest absolute Gasteiger partial charge is 0.495 e. The molecule has 0 aromatic carbocycles. The molecule has 0 saturated carbocycles. The van der Waals surface area contributed by atoms with Gasteiger partial charge in [-0.05, 0) is 28.9 Å². The maximum atomic E-state index is 10.7. The second-order valence-corrected chi connectivity index (χ2v) is 3.66. The van der Waals surface area contributed by atoms with Crippen LogP contribution in [0.3, 0.4) is 0 Å². The predicted octanol–water partition coefficient (Wildman–Crippen LogP) is 2.04. The average Bonchev–Trinajstić information content (AvgIpc) is 2.16. The van der Waals surface area contributed by atoms with Crippen LogP contribution in [0.4, 0.5) is 0 Å². The first kappa shape index (κ1) is 11.0. The van der Waals surface area contributed by atoms with Gasteiger partial charge in [-0.2, -0.15) is 0 Å². The Hall–Kier alpha value is -1.10. The van der Waals surface area contributed by atoms with Gasteiger partial charge >= 0.3 is 5.97 Å². The van der Waals surface area contributed by atoms with E-state index < -0.39 is 11.9 Å². The highest BCUT2D eigenvalue weighted by molar-refractivity contribution is 9.10. The van der Waals surface area contributed by atoms with Crippen LogP contribution in [0.15, 0.2) is 16.7 Å². The summed E-state index contributed by atoms with van der Waals surface area (Å²) >= 11 is 3.25. The van der Waals surface area contributed by atoms with Gasteiger partial charge in [0.2, 0.25) is 0 Å². The zero-order chi connectivity index (χ0) is 10.7. The quantitative estimate of drug-likeness (QED) is 0.903. The molecule has 0 bridgehead atoms. The third kappa shape index (κ3) is 2.23. The Labute approximate surface area is 90.0 Å². The molecular weight excluding hydrogens is 250 g/mol. The number of methoxy groups -OCH3 is 1. The minimum Gasteiger partial charge on any atom is -0.495 e. The molecular formula is C9H10BrNO3. The third-order valence-corrected chi connectivity index (χ3v) is 2.50. The predicted molar refractivity (Wildman–Crippen MR) is 54.5 cm³/mol. The lowest BCUT2D eigenvalue weighted by atomic mass is 10.1. The van der Waals surface area contributed by atoms with Crippen LogP contribution in [0.5, 0.6) is 5.75 Å². The first-order valence-corrected chi connectivity index (χ1v) is 4.77. The molecule has 0 aliphatic rings. The van der Waals surface area contributed by atoms with Crippen molar-refractivity contribution < 1.29 is 14.6 Å². The van der Waals surface area contributed by atoms with Crippen LogP contribution in [0.25, 0.3) is 0 Å². The van der Waals surface area contributed by atoms with E-state index in [2.05, 4.69) is 20.9 Å². The molecule has 0 amide bonds. The molecule has 76 valence electrons. The summed E-state index contributed by atoms with van der Waals surface area (Å²) in [5, 5.41) is 8.79. The van der Waals surface area contributed by atoms with Crippen LogP contribution < -0.4 is 4.74 Å². The smallest absolute Gasteiger partial charge is 0.312 e. The van der Waals surface area contributed by atoms with Gasteiger partial charge < -0.3 is 9.84 Å². The summed E-state index contributed by atoms with van der Waals surface area (Å²) in [6.45, 7) is 1.59. The molecule has 4 nitrogen and oxygen atoms in total. The normalized spacial score (nSPS) is 12.2. The van der Waals surface area contributed by atoms with E-state index in [0.717, 1.165) is 0 Å². The fraction of sp³-hybridized carbons (Fsp3) is 0.333. The summed E-state index contributed by atoms with van der Waals surface area (Å²) in [6.07, 6.45) is 1.50. The second kappa shape index (κ2) is 4.41. The number of halogens is 1. The summed E-state index contributed by atoms with van der Waals surface area (Å²) in [6, 6.07) is 1.70. The van der Waals surface area contributed by atoms with Crippen LogP contribution in [0, 0.1) is 0 Å². The molecule has 1 heterocycles. The third-order valence-electron chi connectivity index (χ3n) is 1.86. The van der Waals surface area contributed by atoms with Gasteiger partial charge in [0.1, 0.15) is 5.75 Å². The van der Waals surface area contributed by atoms with Crippen molar-refractivity contribution in [2.75, 3.05) is 7.11 Å². The Bertz CT molecular complexity index is 354. The van der Waals surface area contributed by atoms with Crippen LogP contribution in [-0.4, -0.2) is 23.2 Å². The van der Waals surface area contributed by atoms with E-state index in [-0.39, 0.29) is 0 Å². The van der Waals surface area contributed by atoms with Gasteiger partial charge in [0.05, 0.1) is 24.9 Å². The van der Waals surface area contributed by atoms with Crippen molar-refractivity contribution in [3.05, 3.63) is 22.4 Å². The number of nitrogens with zero attached hydrogens (tertiary/aromatic N) is 1. The van der Waals surface area contributed by atoms with E-state index >= 15 is 0 Å². The lowest BCUT2D eigenvalue weighted by Crippen LogP contribution is -2.09. The number of carbonyl (C=O) groups is 1. The minimum atomic E-state index is -0.900. The molecule has 0 fully saturated rings. The van der Waals surface area contributed by atoms with Crippen molar-refractivity contribution in [3.8, 4) is 5.75 Å². The minimum absolute atomic E-state index is 0.498. The van der Waals surface area contributed by atoms with Crippen molar-refractivity contribution in [3.63, 3.8) is 0 Å². The second-order valence-electron chi connectivity index (χ2n) is 2.80. The van der Waals surface area contributed by atoms with Crippen LogP contribution in [0.1, 0.15) is 18.5 Å². The van der Waals surface area contributed by atoms with Crippen molar-refractivity contribution in [1.29, 1.82) is 0 Å². The SMILES string of the molecule is COc1cnc(C(C)C(=O)O)c(Br)c1. The van der Waals surface area contributed by atoms with Gasteiger partial charge in [-0.15, -0.1) is 0 Å². The summed E-state index contributed by atoms with van der Waals surface area (Å²) < 4.78 is 5.60.